The minimum absolute atomic E-state index is 0.190. The normalized spacial score (nSPS) is 14.1. The first-order chi connectivity index (χ1) is 16.4. The van der Waals surface area contributed by atoms with Gasteiger partial charge in [0.25, 0.3) is 5.91 Å². The van der Waals surface area contributed by atoms with Crippen LogP contribution in [0.25, 0.3) is 16.9 Å². The number of rotatable bonds is 7. The highest BCUT2D eigenvalue weighted by atomic mass is 35.5. The molecule has 8 nitrogen and oxygen atoms in total. The topological polar surface area (TPSA) is 88.5 Å². The molecular weight excluding hydrogens is 454 g/mol. The number of halogens is 1. The van der Waals surface area contributed by atoms with Crippen molar-refractivity contribution in [2.75, 3.05) is 44.7 Å². The van der Waals surface area contributed by atoms with Crippen LogP contribution in [0.3, 0.4) is 0 Å². The van der Waals surface area contributed by atoms with Crippen molar-refractivity contribution in [1.82, 2.24) is 20.0 Å². The maximum absolute atomic E-state index is 12.6. The van der Waals surface area contributed by atoms with Crippen LogP contribution in [0, 0.1) is 6.92 Å². The number of nitrogens with one attached hydrogen (secondary N) is 2. The summed E-state index contributed by atoms with van der Waals surface area (Å²) in [7, 11) is 0. The van der Waals surface area contributed by atoms with Crippen LogP contribution in [-0.2, 0) is 9.53 Å². The molecule has 1 fully saturated rings. The third-order valence-electron chi connectivity index (χ3n) is 5.62. The van der Waals surface area contributed by atoms with Crippen molar-refractivity contribution in [3.05, 3.63) is 64.7 Å². The van der Waals surface area contributed by atoms with Crippen molar-refractivity contribution >= 4 is 29.2 Å². The summed E-state index contributed by atoms with van der Waals surface area (Å²) in [5.74, 6) is 0.0845. The summed E-state index contributed by atoms with van der Waals surface area (Å²) in [6.45, 7) is 7.98. The van der Waals surface area contributed by atoms with Crippen LogP contribution >= 0.6 is 11.6 Å². The fraction of sp³-hybridized carbons (Fsp3) is 0.320. The zero-order valence-corrected chi connectivity index (χ0v) is 20.1. The van der Waals surface area contributed by atoms with Crippen LogP contribution in [0.15, 0.2) is 48.5 Å². The van der Waals surface area contributed by atoms with Gasteiger partial charge in [0.2, 0.25) is 5.91 Å². The highest BCUT2D eigenvalue weighted by Gasteiger charge is 2.17. The van der Waals surface area contributed by atoms with Gasteiger partial charge in [0.05, 0.1) is 29.6 Å². The zero-order chi connectivity index (χ0) is 24.1. The lowest BCUT2D eigenvalue weighted by Crippen LogP contribution is -2.41. The smallest absolute Gasteiger partial charge is 0.251 e. The molecule has 1 aliphatic rings. The van der Waals surface area contributed by atoms with E-state index in [1.54, 1.807) is 28.9 Å². The fourth-order valence-corrected chi connectivity index (χ4v) is 4.03. The number of aromatic nitrogens is 2. The Bertz CT molecular complexity index is 1170. The SMILES string of the molecule is CC(=O)Nc1cc(-c2ccc(C)cc2)nn1-c1ccc(C(=O)NCCN2CCOCC2)cc1Cl. The van der Waals surface area contributed by atoms with Crippen LogP contribution in [0.5, 0.6) is 0 Å². The van der Waals surface area contributed by atoms with Gasteiger partial charge in [-0.1, -0.05) is 41.4 Å². The Hall–Kier alpha value is -3.20. The molecule has 2 heterocycles. The van der Waals surface area contributed by atoms with E-state index in [1.165, 1.54) is 6.92 Å². The lowest BCUT2D eigenvalue weighted by atomic mass is 10.1. The van der Waals surface area contributed by atoms with Gasteiger partial charge in [-0.25, -0.2) is 4.68 Å². The number of benzene rings is 2. The van der Waals surface area contributed by atoms with Gasteiger partial charge in [0.15, 0.2) is 0 Å². The van der Waals surface area contributed by atoms with Crippen LogP contribution in [0.1, 0.15) is 22.8 Å². The number of aryl methyl sites for hydroxylation is 1. The van der Waals surface area contributed by atoms with Gasteiger partial charge in [-0.05, 0) is 25.1 Å². The number of morpholine rings is 1. The van der Waals surface area contributed by atoms with Crippen molar-refractivity contribution in [2.24, 2.45) is 0 Å². The molecule has 4 rings (SSSR count). The van der Waals surface area contributed by atoms with E-state index < -0.39 is 0 Å². The minimum atomic E-state index is -0.219. The molecule has 1 aliphatic heterocycles. The Labute approximate surface area is 203 Å². The van der Waals surface area contributed by atoms with Crippen molar-refractivity contribution in [3.63, 3.8) is 0 Å². The second-order valence-corrected chi connectivity index (χ2v) is 8.66. The van der Waals surface area contributed by atoms with E-state index in [4.69, 9.17) is 16.3 Å². The number of anilines is 1. The molecule has 1 aromatic heterocycles. The molecule has 0 bridgehead atoms. The number of ether oxygens (including phenoxy) is 1. The second-order valence-electron chi connectivity index (χ2n) is 8.25. The maximum atomic E-state index is 12.6. The van der Waals surface area contributed by atoms with Gasteiger partial charge in [0.1, 0.15) is 5.82 Å². The van der Waals surface area contributed by atoms with E-state index in [1.807, 2.05) is 31.2 Å². The maximum Gasteiger partial charge on any atom is 0.251 e. The molecule has 3 aromatic rings. The van der Waals surface area contributed by atoms with Crippen molar-refractivity contribution in [1.29, 1.82) is 0 Å². The minimum Gasteiger partial charge on any atom is -0.379 e. The Morgan fingerprint density at radius 3 is 2.50 bits per heavy atom. The highest BCUT2D eigenvalue weighted by molar-refractivity contribution is 6.32. The predicted octanol–water partition coefficient (Wildman–Crippen LogP) is 3.52. The van der Waals surface area contributed by atoms with Gasteiger partial charge < -0.3 is 15.4 Å². The van der Waals surface area contributed by atoms with Gasteiger partial charge >= 0.3 is 0 Å². The molecule has 0 spiro atoms. The van der Waals surface area contributed by atoms with Crippen LogP contribution in [0.2, 0.25) is 5.02 Å². The van der Waals surface area contributed by atoms with Gasteiger partial charge in [-0.15, -0.1) is 0 Å². The predicted molar refractivity (Wildman–Crippen MR) is 133 cm³/mol. The van der Waals surface area contributed by atoms with E-state index in [2.05, 4.69) is 20.6 Å². The van der Waals surface area contributed by atoms with Crippen LogP contribution < -0.4 is 10.6 Å². The Balaban J connectivity index is 1.52. The number of carbonyl (C=O) groups excluding carboxylic acids is 2. The van der Waals surface area contributed by atoms with Crippen molar-refractivity contribution in [2.45, 2.75) is 13.8 Å². The molecule has 2 N–H and O–H groups in total. The number of nitrogens with zero attached hydrogens (tertiary/aromatic N) is 3. The summed E-state index contributed by atoms with van der Waals surface area (Å²) in [6.07, 6.45) is 0. The lowest BCUT2D eigenvalue weighted by Gasteiger charge is -2.26. The van der Waals surface area contributed by atoms with E-state index in [-0.39, 0.29) is 11.8 Å². The average molecular weight is 482 g/mol. The molecule has 9 heteroatoms. The Kier molecular flexibility index (Phi) is 7.62. The summed E-state index contributed by atoms with van der Waals surface area (Å²) in [4.78, 5) is 26.7. The largest absolute Gasteiger partial charge is 0.379 e. The third kappa shape index (κ3) is 5.83. The molecule has 0 atom stereocenters. The van der Waals surface area contributed by atoms with E-state index >= 15 is 0 Å². The summed E-state index contributed by atoms with van der Waals surface area (Å²) < 4.78 is 6.93. The van der Waals surface area contributed by atoms with Crippen LogP contribution in [-0.4, -0.2) is 65.9 Å². The molecule has 178 valence electrons. The summed E-state index contributed by atoms with van der Waals surface area (Å²) in [5, 5.41) is 10.8. The van der Waals surface area contributed by atoms with Crippen LogP contribution in [0.4, 0.5) is 5.82 Å². The van der Waals surface area contributed by atoms with Gasteiger partial charge in [0, 0.05) is 50.3 Å². The fourth-order valence-electron chi connectivity index (χ4n) is 3.77. The second kappa shape index (κ2) is 10.8. The molecule has 0 aliphatic carbocycles. The summed E-state index contributed by atoms with van der Waals surface area (Å²) >= 11 is 6.57. The molecule has 1 saturated heterocycles. The molecule has 0 unspecified atom stereocenters. The third-order valence-corrected chi connectivity index (χ3v) is 5.92. The van der Waals surface area contributed by atoms with E-state index in [9.17, 15) is 9.59 Å². The van der Waals surface area contributed by atoms with Gasteiger partial charge in [-0.3, -0.25) is 14.5 Å². The van der Waals surface area contributed by atoms with Gasteiger partial charge in [-0.2, -0.15) is 5.10 Å². The standard InChI is InChI=1S/C25H28ClN5O3/c1-17-3-5-19(6-4-17)22-16-24(28-18(2)32)31(29-22)23-8-7-20(15-21(23)26)25(33)27-9-10-30-11-13-34-14-12-30/h3-8,15-16H,9-14H2,1-2H3,(H,27,33)(H,28,32). The lowest BCUT2D eigenvalue weighted by molar-refractivity contribution is -0.114. The highest BCUT2D eigenvalue weighted by Crippen LogP contribution is 2.29. The molecule has 2 amide bonds. The molecule has 0 saturated carbocycles. The quantitative estimate of drug-likeness (QED) is 0.539. The average Bonchev–Trinajstić information content (AvgIpc) is 3.22. The number of hydrogen-bond donors (Lipinski definition) is 2. The van der Waals surface area contributed by atoms with E-state index in [0.29, 0.717) is 34.3 Å². The Morgan fingerprint density at radius 2 is 1.82 bits per heavy atom. The first kappa shape index (κ1) is 23.9. The molecule has 0 radical (unpaired) electrons. The first-order valence-electron chi connectivity index (χ1n) is 11.2. The summed E-state index contributed by atoms with van der Waals surface area (Å²) in [6, 6.07) is 14.8. The van der Waals surface area contributed by atoms with E-state index in [0.717, 1.165) is 44.0 Å². The molecule has 34 heavy (non-hydrogen) atoms. The zero-order valence-electron chi connectivity index (χ0n) is 19.3. The molecular formula is C25H28ClN5O3. The number of carbonyl (C=O) groups is 2. The van der Waals surface area contributed by atoms with Crippen molar-refractivity contribution in [3.8, 4) is 16.9 Å². The Morgan fingerprint density at radius 1 is 1.09 bits per heavy atom. The van der Waals surface area contributed by atoms with Crippen molar-refractivity contribution < 1.29 is 14.3 Å². The monoisotopic (exact) mass is 481 g/mol. The number of hydrogen-bond acceptors (Lipinski definition) is 5. The molecule has 2 aromatic carbocycles. The summed E-state index contributed by atoms with van der Waals surface area (Å²) in [5.41, 5.74) is 3.79. The first-order valence-corrected chi connectivity index (χ1v) is 11.6. The number of amides is 2.